The monoisotopic (exact) mass is 279 g/mol. The van der Waals surface area contributed by atoms with E-state index in [1.54, 1.807) is 4.90 Å². The van der Waals surface area contributed by atoms with Crippen LogP contribution in [-0.4, -0.2) is 39.6 Å². The van der Waals surface area contributed by atoms with Crippen molar-refractivity contribution in [2.45, 2.75) is 46.1 Å². The number of rotatable bonds is 4. The van der Waals surface area contributed by atoms with Crippen LogP contribution < -0.4 is 5.73 Å². The number of carbonyl (C=O) groups excluding carboxylic acids is 1. The zero-order valence-electron chi connectivity index (χ0n) is 12.6. The Morgan fingerprint density at radius 1 is 1.50 bits per heavy atom. The number of amides is 1. The maximum absolute atomic E-state index is 12.7. The molecule has 0 atom stereocenters. The third-order valence-electron chi connectivity index (χ3n) is 4.44. The molecule has 1 aliphatic rings. The first-order chi connectivity index (χ1) is 9.47. The molecular weight excluding hydrogens is 254 g/mol. The molecule has 1 saturated carbocycles. The number of nitrogens with one attached hydrogen (secondary N) is 1. The Bertz CT molecular complexity index is 462. The lowest BCUT2D eigenvalue weighted by Gasteiger charge is -2.39. The molecule has 0 aromatic carbocycles. The van der Waals surface area contributed by atoms with Gasteiger partial charge in [-0.2, -0.15) is 5.10 Å². The summed E-state index contributed by atoms with van der Waals surface area (Å²) >= 11 is 0. The van der Waals surface area contributed by atoms with Crippen molar-refractivity contribution in [2.75, 3.05) is 13.6 Å². The molecule has 1 heterocycles. The topological polar surface area (TPSA) is 87.9 Å². The standard InChI is InChI=1S/C14H25N5O/c1-10-4-6-14(9-15,7-5-10)13(20)19(3)8-12-16-11(2)17-18-12/h10H,4-9,15H2,1-3H3,(H,16,17,18). The Morgan fingerprint density at radius 2 is 2.15 bits per heavy atom. The van der Waals surface area contributed by atoms with Crippen LogP contribution in [-0.2, 0) is 11.3 Å². The van der Waals surface area contributed by atoms with Crippen LogP contribution >= 0.6 is 0 Å². The summed E-state index contributed by atoms with van der Waals surface area (Å²) < 4.78 is 0. The zero-order chi connectivity index (χ0) is 14.8. The van der Waals surface area contributed by atoms with Gasteiger partial charge in [-0.1, -0.05) is 6.92 Å². The molecule has 0 spiro atoms. The van der Waals surface area contributed by atoms with Crippen molar-refractivity contribution in [1.29, 1.82) is 0 Å². The van der Waals surface area contributed by atoms with Gasteiger partial charge in [0.25, 0.3) is 0 Å². The van der Waals surface area contributed by atoms with Crippen LogP contribution in [0, 0.1) is 18.3 Å². The molecule has 0 aliphatic heterocycles. The van der Waals surface area contributed by atoms with Gasteiger partial charge in [0.1, 0.15) is 5.82 Å². The Kier molecular flexibility index (Phi) is 4.42. The first-order valence-corrected chi connectivity index (χ1v) is 7.30. The highest BCUT2D eigenvalue weighted by Gasteiger charge is 2.41. The van der Waals surface area contributed by atoms with Crippen molar-refractivity contribution < 1.29 is 4.79 Å². The van der Waals surface area contributed by atoms with Crippen molar-refractivity contribution in [2.24, 2.45) is 17.1 Å². The van der Waals surface area contributed by atoms with Crippen molar-refractivity contribution >= 4 is 5.91 Å². The first-order valence-electron chi connectivity index (χ1n) is 7.30. The molecule has 0 radical (unpaired) electrons. The second-order valence-corrected chi connectivity index (χ2v) is 6.17. The maximum atomic E-state index is 12.7. The predicted molar refractivity (Wildman–Crippen MR) is 76.7 cm³/mol. The first kappa shape index (κ1) is 15.0. The number of aryl methyl sites for hydroxylation is 1. The molecule has 1 aromatic rings. The van der Waals surface area contributed by atoms with Crippen molar-refractivity contribution in [1.82, 2.24) is 20.1 Å². The SMILES string of the molecule is Cc1nc(CN(C)C(=O)C2(CN)CCC(C)CC2)n[nH]1. The predicted octanol–water partition coefficient (Wildman–Crippen LogP) is 1.23. The van der Waals surface area contributed by atoms with Crippen molar-refractivity contribution in [3.63, 3.8) is 0 Å². The Morgan fingerprint density at radius 3 is 2.65 bits per heavy atom. The van der Waals surface area contributed by atoms with Crippen LogP contribution in [0.2, 0.25) is 0 Å². The number of aromatic amines is 1. The summed E-state index contributed by atoms with van der Waals surface area (Å²) in [5.41, 5.74) is 5.55. The minimum Gasteiger partial charge on any atom is -0.338 e. The van der Waals surface area contributed by atoms with E-state index in [9.17, 15) is 4.79 Å². The maximum Gasteiger partial charge on any atom is 0.230 e. The Balaban J connectivity index is 2.04. The summed E-state index contributed by atoms with van der Waals surface area (Å²) in [4.78, 5) is 18.7. The number of aromatic nitrogens is 3. The van der Waals surface area contributed by atoms with Crippen LogP contribution in [0.25, 0.3) is 0 Å². The quantitative estimate of drug-likeness (QED) is 0.867. The van der Waals surface area contributed by atoms with Gasteiger partial charge in [-0.15, -0.1) is 0 Å². The summed E-state index contributed by atoms with van der Waals surface area (Å²) in [6.07, 6.45) is 3.94. The molecule has 1 amide bonds. The highest BCUT2D eigenvalue weighted by molar-refractivity contribution is 5.82. The average Bonchev–Trinajstić information content (AvgIpc) is 2.84. The number of carbonyl (C=O) groups is 1. The van der Waals surface area contributed by atoms with Crippen LogP contribution in [0.15, 0.2) is 0 Å². The number of H-pyrrole nitrogens is 1. The third kappa shape index (κ3) is 3.00. The molecule has 0 saturated heterocycles. The van der Waals surface area contributed by atoms with E-state index in [0.717, 1.165) is 31.5 Å². The average molecular weight is 279 g/mol. The van der Waals surface area contributed by atoms with E-state index in [2.05, 4.69) is 22.1 Å². The molecule has 1 aromatic heterocycles. The molecule has 3 N–H and O–H groups in total. The van der Waals surface area contributed by atoms with Crippen molar-refractivity contribution in [3.05, 3.63) is 11.6 Å². The fraction of sp³-hybridized carbons (Fsp3) is 0.786. The number of hydrogen-bond acceptors (Lipinski definition) is 4. The summed E-state index contributed by atoms with van der Waals surface area (Å²) in [7, 11) is 1.81. The smallest absolute Gasteiger partial charge is 0.230 e. The second-order valence-electron chi connectivity index (χ2n) is 6.17. The van der Waals surface area contributed by atoms with Gasteiger partial charge in [0, 0.05) is 13.6 Å². The molecule has 0 bridgehead atoms. The van der Waals surface area contributed by atoms with Gasteiger partial charge in [0.15, 0.2) is 5.82 Å². The number of nitrogens with zero attached hydrogens (tertiary/aromatic N) is 3. The van der Waals surface area contributed by atoms with E-state index in [0.29, 0.717) is 24.8 Å². The van der Waals surface area contributed by atoms with Gasteiger partial charge >= 0.3 is 0 Å². The van der Waals surface area contributed by atoms with E-state index in [1.165, 1.54) is 0 Å². The van der Waals surface area contributed by atoms with Gasteiger partial charge in [0.05, 0.1) is 12.0 Å². The van der Waals surface area contributed by atoms with E-state index in [-0.39, 0.29) is 11.3 Å². The minimum absolute atomic E-state index is 0.134. The largest absolute Gasteiger partial charge is 0.338 e. The molecule has 1 aliphatic carbocycles. The summed E-state index contributed by atoms with van der Waals surface area (Å²) in [5.74, 6) is 2.24. The number of nitrogens with two attached hydrogens (primary N) is 1. The molecule has 20 heavy (non-hydrogen) atoms. The molecule has 6 nitrogen and oxygen atoms in total. The zero-order valence-corrected chi connectivity index (χ0v) is 12.6. The van der Waals surface area contributed by atoms with Crippen LogP contribution in [0.3, 0.4) is 0 Å². The second kappa shape index (κ2) is 5.91. The van der Waals surface area contributed by atoms with Crippen molar-refractivity contribution in [3.8, 4) is 0 Å². The van der Waals surface area contributed by atoms with Gasteiger partial charge in [0.2, 0.25) is 5.91 Å². The lowest BCUT2D eigenvalue weighted by atomic mass is 9.70. The number of hydrogen-bond donors (Lipinski definition) is 2. The fourth-order valence-electron chi connectivity index (χ4n) is 2.97. The van der Waals surface area contributed by atoms with Crippen LogP contribution in [0.4, 0.5) is 0 Å². The normalized spacial score (nSPS) is 26.5. The summed E-state index contributed by atoms with van der Waals surface area (Å²) in [5, 5.41) is 6.88. The molecule has 2 rings (SSSR count). The molecule has 0 unspecified atom stereocenters. The molecule has 1 fully saturated rings. The Hall–Kier alpha value is -1.43. The van der Waals surface area contributed by atoms with Crippen LogP contribution in [0.5, 0.6) is 0 Å². The van der Waals surface area contributed by atoms with Gasteiger partial charge in [-0.3, -0.25) is 9.89 Å². The van der Waals surface area contributed by atoms with Gasteiger partial charge in [-0.05, 0) is 38.5 Å². The minimum atomic E-state index is -0.382. The summed E-state index contributed by atoms with van der Waals surface area (Å²) in [6.45, 7) is 4.95. The Labute approximate surface area is 120 Å². The lowest BCUT2D eigenvalue weighted by molar-refractivity contribution is -0.143. The summed E-state index contributed by atoms with van der Waals surface area (Å²) in [6, 6.07) is 0. The third-order valence-corrected chi connectivity index (χ3v) is 4.44. The van der Waals surface area contributed by atoms with Crippen LogP contribution in [0.1, 0.15) is 44.3 Å². The molecule has 6 heteroatoms. The van der Waals surface area contributed by atoms with E-state index >= 15 is 0 Å². The van der Waals surface area contributed by atoms with E-state index in [4.69, 9.17) is 5.73 Å². The highest BCUT2D eigenvalue weighted by Crippen LogP contribution is 2.39. The van der Waals surface area contributed by atoms with Gasteiger partial charge in [-0.25, -0.2) is 4.98 Å². The fourth-order valence-corrected chi connectivity index (χ4v) is 2.97. The van der Waals surface area contributed by atoms with E-state index in [1.807, 2.05) is 14.0 Å². The highest BCUT2D eigenvalue weighted by atomic mass is 16.2. The van der Waals surface area contributed by atoms with E-state index < -0.39 is 0 Å². The van der Waals surface area contributed by atoms with Gasteiger partial charge < -0.3 is 10.6 Å². The molecule has 112 valence electrons. The lowest BCUT2D eigenvalue weighted by Crippen LogP contribution is -2.48. The molecular formula is C14H25N5O.